The molecule has 0 amide bonds. The second-order valence-electron chi connectivity index (χ2n) is 4.20. The SMILES string of the molecule is CC(=O)c1ccc(C(=N)c2cc(C(=O)O)ccc2N)s1. The van der Waals surface area contributed by atoms with Crippen molar-refractivity contribution in [3.8, 4) is 0 Å². The van der Waals surface area contributed by atoms with Gasteiger partial charge in [0, 0.05) is 11.3 Å². The average molecular weight is 288 g/mol. The fourth-order valence-electron chi connectivity index (χ4n) is 1.70. The molecule has 0 saturated carbocycles. The number of carbonyl (C=O) groups excluding carboxylic acids is 1. The number of aromatic carboxylic acids is 1. The van der Waals surface area contributed by atoms with Gasteiger partial charge in [-0.15, -0.1) is 11.3 Å². The van der Waals surface area contributed by atoms with E-state index in [1.807, 2.05) is 0 Å². The van der Waals surface area contributed by atoms with Crippen molar-refractivity contribution in [1.82, 2.24) is 0 Å². The number of hydrogen-bond acceptors (Lipinski definition) is 5. The number of benzene rings is 1. The van der Waals surface area contributed by atoms with Crippen molar-refractivity contribution in [2.24, 2.45) is 0 Å². The van der Waals surface area contributed by atoms with Crippen LogP contribution in [0, 0.1) is 5.41 Å². The number of nitrogen functional groups attached to an aromatic ring is 1. The van der Waals surface area contributed by atoms with E-state index in [1.54, 1.807) is 12.1 Å². The molecule has 1 heterocycles. The van der Waals surface area contributed by atoms with Crippen molar-refractivity contribution in [3.05, 3.63) is 51.2 Å². The molecule has 0 unspecified atom stereocenters. The average Bonchev–Trinajstić information content (AvgIpc) is 2.88. The highest BCUT2D eigenvalue weighted by Crippen LogP contribution is 2.24. The number of rotatable bonds is 4. The smallest absolute Gasteiger partial charge is 0.335 e. The summed E-state index contributed by atoms with van der Waals surface area (Å²) in [4.78, 5) is 23.4. The first-order chi connectivity index (χ1) is 9.40. The van der Waals surface area contributed by atoms with Crippen molar-refractivity contribution in [1.29, 1.82) is 5.41 Å². The van der Waals surface area contributed by atoms with Crippen molar-refractivity contribution in [2.75, 3.05) is 5.73 Å². The van der Waals surface area contributed by atoms with Gasteiger partial charge in [-0.2, -0.15) is 0 Å². The number of ketones is 1. The van der Waals surface area contributed by atoms with E-state index in [1.165, 1.54) is 36.5 Å². The van der Waals surface area contributed by atoms with Crippen LogP contribution in [0.4, 0.5) is 5.69 Å². The molecular weight excluding hydrogens is 276 g/mol. The highest BCUT2D eigenvalue weighted by atomic mass is 32.1. The highest BCUT2D eigenvalue weighted by molar-refractivity contribution is 7.16. The molecule has 6 heteroatoms. The Labute approximate surface area is 119 Å². The third-order valence-corrected chi connectivity index (χ3v) is 3.97. The largest absolute Gasteiger partial charge is 0.478 e. The maximum Gasteiger partial charge on any atom is 0.335 e. The van der Waals surface area contributed by atoms with Gasteiger partial charge in [-0.25, -0.2) is 4.79 Å². The van der Waals surface area contributed by atoms with E-state index in [4.69, 9.17) is 16.2 Å². The zero-order valence-electron chi connectivity index (χ0n) is 10.6. The van der Waals surface area contributed by atoms with Crippen LogP contribution < -0.4 is 5.73 Å². The summed E-state index contributed by atoms with van der Waals surface area (Å²) in [6, 6.07) is 7.54. The van der Waals surface area contributed by atoms with Crippen molar-refractivity contribution in [3.63, 3.8) is 0 Å². The molecule has 0 fully saturated rings. The number of carboxylic acids is 1. The van der Waals surface area contributed by atoms with Crippen LogP contribution in [0.1, 0.15) is 37.4 Å². The predicted molar refractivity (Wildman–Crippen MR) is 78.1 cm³/mol. The van der Waals surface area contributed by atoms with Crippen LogP contribution in [0.15, 0.2) is 30.3 Å². The van der Waals surface area contributed by atoms with Crippen molar-refractivity contribution >= 4 is 34.5 Å². The molecule has 0 bridgehead atoms. The van der Waals surface area contributed by atoms with Gasteiger partial charge in [-0.3, -0.25) is 10.2 Å². The first-order valence-corrected chi connectivity index (χ1v) is 6.54. The van der Waals surface area contributed by atoms with Gasteiger partial charge in [0.2, 0.25) is 0 Å². The zero-order valence-corrected chi connectivity index (χ0v) is 11.5. The summed E-state index contributed by atoms with van der Waals surface area (Å²) in [5, 5.41) is 17.1. The molecule has 0 aliphatic heterocycles. The lowest BCUT2D eigenvalue weighted by Gasteiger charge is -2.07. The van der Waals surface area contributed by atoms with Crippen LogP contribution >= 0.6 is 11.3 Å². The second-order valence-corrected chi connectivity index (χ2v) is 5.29. The van der Waals surface area contributed by atoms with Gasteiger partial charge in [0.15, 0.2) is 5.78 Å². The Kier molecular flexibility index (Phi) is 3.67. The molecule has 1 aromatic heterocycles. The summed E-state index contributed by atoms with van der Waals surface area (Å²) in [5.41, 5.74) is 6.66. The van der Waals surface area contributed by atoms with Crippen LogP contribution in [0.25, 0.3) is 0 Å². The van der Waals surface area contributed by atoms with E-state index in [0.29, 0.717) is 21.0 Å². The van der Waals surface area contributed by atoms with Crippen LogP contribution in [-0.4, -0.2) is 22.6 Å². The monoisotopic (exact) mass is 288 g/mol. The van der Waals surface area contributed by atoms with Crippen LogP contribution in [0.5, 0.6) is 0 Å². The van der Waals surface area contributed by atoms with E-state index in [-0.39, 0.29) is 17.1 Å². The standard InChI is InChI=1S/C14H12N2O3S/c1-7(17)11-4-5-12(20-11)13(16)9-6-8(14(18)19)2-3-10(9)15/h2-6,16H,15H2,1H3,(H,18,19). The van der Waals surface area contributed by atoms with E-state index in [2.05, 4.69) is 0 Å². The van der Waals surface area contributed by atoms with E-state index in [0.717, 1.165) is 0 Å². The predicted octanol–water partition coefficient (Wildman–Crippen LogP) is 2.65. The Balaban J connectivity index is 2.44. The lowest BCUT2D eigenvalue weighted by Crippen LogP contribution is -2.06. The molecular formula is C14H12N2O3S. The third kappa shape index (κ3) is 2.60. The zero-order chi connectivity index (χ0) is 14.9. The lowest BCUT2D eigenvalue weighted by molar-refractivity contribution is 0.0696. The Hall–Kier alpha value is -2.47. The fraction of sp³-hybridized carbons (Fsp3) is 0.0714. The number of carbonyl (C=O) groups is 2. The molecule has 0 spiro atoms. The molecule has 0 aliphatic carbocycles. The van der Waals surface area contributed by atoms with E-state index >= 15 is 0 Å². The van der Waals surface area contributed by atoms with Gasteiger partial charge in [-0.05, 0) is 37.3 Å². The van der Waals surface area contributed by atoms with Crippen LogP contribution in [-0.2, 0) is 0 Å². The second kappa shape index (κ2) is 5.26. The van der Waals surface area contributed by atoms with Gasteiger partial charge in [-0.1, -0.05) is 0 Å². The number of nitrogens with two attached hydrogens (primary N) is 1. The van der Waals surface area contributed by atoms with Crippen LogP contribution in [0.3, 0.4) is 0 Å². The van der Waals surface area contributed by atoms with E-state index < -0.39 is 5.97 Å². The van der Waals surface area contributed by atoms with Crippen LogP contribution in [0.2, 0.25) is 0 Å². The Morgan fingerprint density at radius 1 is 1.20 bits per heavy atom. The lowest BCUT2D eigenvalue weighted by atomic mass is 10.0. The van der Waals surface area contributed by atoms with Gasteiger partial charge in [0.25, 0.3) is 0 Å². The number of Topliss-reactive ketones (excluding diaryl/α,β-unsaturated/α-hetero) is 1. The summed E-state index contributed by atoms with van der Waals surface area (Å²) < 4.78 is 0. The Bertz CT molecular complexity index is 719. The van der Waals surface area contributed by atoms with Crippen molar-refractivity contribution in [2.45, 2.75) is 6.92 Å². The molecule has 4 N–H and O–H groups in total. The quantitative estimate of drug-likeness (QED) is 0.457. The summed E-state index contributed by atoms with van der Waals surface area (Å²) >= 11 is 1.19. The number of anilines is 1. The molecule has 0 aliphatic rings. The highest BCUT2D eigenvalue weighted by Gasteiger charge is 2.15. The minimum atomic E-state index is -1.07. The minimum absolute atomic E-state index is 0.0682. The Morgan fingerprint density at radius 3 is 2.40 bits per heavy atom. The Morgan fingerprint density at radius 2 is 1.85 bits per heavy atom. The normalized spacial score (nSPS) is 10.2. The van der Waals surface area contributed by atoms with E-state index in [9.17, 15) is 9.59 Å². The topological polar surface area (TPSA) is 104 Å². The fourth-order valence-corrected chi connectivity index (χ4v) is 2.56. The summed E-state index contributed by atoms with van der Waals surface area (Å²) in [6.45, 7) is 1.46. The first kappa shape index (κ1) is 14.0. The summed E-state index contributed by atoms with van der Waals surface area (Å²) in [7, 11) is 0. The molecule has 2 aromatic rings. The maximum atomic E-state index is 11.3. The van der Waals surface area contributed by atoms with Crippen molar-refractivity contribution < 1.29 is 14.7 Å². The molecule has 0 radical (unpaired) electrons. The molecule has 102 valence electrons. The third-order valence-electron chi connectivity index (χ3n) is 2.77. The number of nitrogens with one attached hydrogen (secondary N) is 1. The number of carboxylic acid groups (broad SMARTS) is 1. The molecule has 20 heavy (non-hydrogen) atoms. The van der Waals surface area contributed by atoms with Gasteiger partial charge in [0.05, 0.1) is 21.0 Å². The molecule has 2 rings (SSSR count). The summed E-state index contributed by atoms with van der Waals surface area (Å²) in [5.74, 6) is -1.14. The maximum absolute atomic E-state index is 11.3. The van der Waals surface area contributed by atoms with Gasteiger partial charge >= 0.3 is 5.97 Å². The minimum Gasteiger partial charge on any atom is -0.478 e. The van der Waals surface area contributed by atoms with Gasteiger partial charge < -0.3 is 10.8 Å². The summed E-state index contributed by atoms with van der Waals surface area (Å²) in [6.07, 6.45) is 0. The molecule has 0 atom stereocenters. The van der Waals surface area contributed by atoms with Gasteiger partial charge in [0.1, 0.15) is 0 Å². The number of thiophene rings is 1. The first-order valence-electron chi connectivity index (χ1n) is 5.73. The molecule has 0 saturated heterocycles. The number of hydrogen-bond donors (Lipinski definition) is 3. The molecule has 1 aromatic carbocycles. The molecule has 5 nitrogen and oxygen atoms in total.